The van der Waals surface area contributed by atoms with E-state index in [4.69, 9.17) is 0 Å². The van der Waals surface area contributed by atoms with Gasteiger partial charge in [-0.3, -0.25) is 4.79 Å². The van der Waals surface area contributed by atoms with Gasteiger partial charge in [-0.1, -0.05) is 0 Å². The molecular weight excluding hydrogens is 120 g/mol. The molecule has 1 unspecified atom stereocenters. The highest BCUT2D eigenvalue weighted by Crippen LogP contribution is 1.96. The molecule has 0 aliphatic carbocycles. The van der Waals surface area contributed by atoms with Crippen LogP contribution in [0, 0.1) is 0 Å². The van der Waals surface area contributed by atoms with E-state index in [1.165, 1.54) is 0 Å². The molecule has 0 aromatic rings. The molecule has 0 rings (SSSR count). The maximum atomic E-state index is 9.77. The van der Waals surface area contributed by atoms with E-state index in [1.807, 2.05) is 0 Å². The fraction of sp³-hybridized carbons (Fsp3) is 0.667. The second kappa shape index (κ2) is 5.28. The quantitative estimate of drug-likeness (QED) is 0.510. The number of carbonyl (C=O) groups is 2. The minimum Gasteiger partial charge on any atom is -0.465 e. The largest absolute Gasteiger partial charge is 0.465 e. The van der Waals surface area contributed by atoms with Crippen LogP contribution in [0.2, 0.25) is 0 Å². The van der Waals surface area contributed by atoms with Crippen molar-refractivity contribution in [3.8, 4) is 0 Å². The molecule has 52 valence electrons. The number of hydrogen-bond donors (Lipinski definition) is 0. The maximum absolute atomic E-state index is 9.77. The fourth-order valence-electron chi connectivity index (χ4n) is 0.466. The summed E-state index contributed by atoms with van der Waals surface area (Å²) in [4.78, 5) is 19.4. The SMILES string of the molecule is CC(CCC=O)OC=O. The number of hydrogen-bond acceptors (Lipinski definition) is 3. The molecule has 9 heavy (non-hydrogen) atoms. The van der Waals surface area contributed by atoms with Gasteiger partial charge in [0.15, 0.2) is 0 Å². The Morgan fingerprint density at radius 2 is 2.22 bits per heavy atom. The molecule has 1 atom stereocenters. The van der Waals surface area contributed by atoms with E-state index < -0.39 is 0 Å². The molecule has 0 spiro atoms. The van der Waals surface area contributed by atoms with Crippen molar-refractivity contribution in [3.63, 3.8) is 0 Å². The lowest BCUT2D eigenvalue weighted by molar-refractivity contribution is -0.133. The van der Waals surface area contributed by atoms with Gasteiger partial charge in [-0.25, -0.2) is 0 Å². The molecule has 3 nitrogen and oxygen atoms in total. The predicted molar refractivity (Wildman–Crippen MR) is 31.9 cm³/mol. The van der Waals surface area contributed by atoms with Gasteiger partial charge < -0.3 is 9.53 Å². The third kappa shape index (κ3) is 5.00. The summed E-state index contributed by atoms with van der Waals surface area (Å²) < 4.78 is 4.50. The first-order chi connectivity index (χ1) is 4.31. The van der Waals surface area contributed by atoms with Crippen LogP contribution in [0.1, 0.15) is 19.8 Å². The van der Waals surface area contributed by atoms with Crippen LogP contribution in [-0.2, 0) is 14.3 Å². The first kappa shape index (κ1) is 8.14. The Morgan fingerprint density at radius 3 is 2.67 bits per heavy atom. The van der Waals surface area contributed by atoms with Crippen LogP contribution in [0.15, 0.2) is 0 Å². The molecule has 0 heterocycles. The molecule has 0 amide bonds. The number of carbonyl (C=O) groups excluding carboxylic acids is 2. The van der Waals surface area contributed by atoms with Gasteiger partial charge in [-0.05, 0) is 13.3 Å². The van der Waals surface area contributed by atoms with E-state index in [0.29, 0.717) is 19.3 Å². The Hall–Kier alpha value is -0.860. The molecule has 0 aliphatic heterocycles. The van der Waals surface area contributed by atoms with Crippen molar-refractivity contribution in [1.82, 2.24) is 0 Å². The first-order valence-electron chi connectivity index (χ1n) is 2.84. The molecule has 0 aromatic carbocycles. The van der Waals surface area contributed by atoms with Crippen LogP contribution in [0.3, 0.4) is 0 Å². The van der Waals surface area contributed by atoms with Crippen molar-refractivity contribution in [2.45, 2.75) is 25.9 Å². The van der Waals surface area contributed by atoms with Crippen molar-refractivity contribution in [2.75, 3.05) is 0 Å². The maximum Gasteiger partial charge on any atom is 0.293 e. The van der Waals surface area contributed by atoms with Gasteiger partial charge in [0.05, 0.1) is 6.10 Å². The third-order valence-corrected chi connectivity index (χ3v) is 0.979. The Labute approximate surface area is 54.0 Å². The molecule has 0 fully saturated rings. The smallest absolute Gasteiger partial charge is 0.293 e. The molecule has 0 aromatic heterocycles. The minimum absolute atomic E-state index is 0.132. The van der Waals surface area contributed by atoms with Crippen molar-refractivity contribution in [1.29, 1.82) is 0 Å². The Kier molecular flexibility index (Phi) is 4.78. The average molecular weight is 130 g/mol. The van der Waals surface area contributed by atoms with Crippen LogP contribution in [0.25, 0.3) is 0 Å². The third-order valence-electron chi connectivity index (χ3n) is 0.979. The average Bonchev–Trinajstić information content (AvgIpc) is 1.85. The highest BCUT2D eigenvalue weighted by molar-refractivity contribution is 5.49. The topological polar surface area (TPSA) is 43.4 Å². The van der Waals surface area contributed by atoms with E-state index in [-0.39, 0.29) is 6.10 Å². The predicted octanol–water partition coefficient (Wildman–Crippen LogP) is 0.527. The Bertz CT molecular complexity index is 90.3. The zero-order valence-electron chi connectivity index (χ0n) is 5.37. The zero-order valence-corrected chi connectivity index (χ0v) is 5.37. The molecular formula is C6H10O3. The van der Waals surface area contributed by atoms with Gasteiger partial charge in [0, 0.05) is 6.42 Å². The summed E-state index contributed by atoms with van der Waals surface area (Å²) in [5, 5.41) is 0. The summed E-state index contributed by atoms with van der Waals surface area (Å²) in [5.41, 5.74) is 0. The van der Waals surface area contributed by atoms with Crippen LogP contribution in [-0.4, -0.2) is 18.9 Å². The standard InChI is InChI=1S/C6H10O3/c1-6(9-5-8)3-2-4-7/h4-6H,2-3H2,1H3. The monoisotopic (exact) mass is 130 g/mol. The lowest BCUT2D eigenvalue weighted by atomic mass is 10.2. The van der Waals surface area contributed by atoms with Crippen molar-refractivity contribution < 1.29 is 14.3 Å². The summed E-state index contributed by atoms with van der Waals surface area (Å²) >= 11 is 0. The zero-order chi connectivity index (χ0) is 7.11. The molecule has 0 aliphatic rings. The normalized spacial score (nSPS) is 12.1. The van der Waals surface area contributed by atoms with E-state index in [9.17, 15) is 9.59 Å². The minimum atomic E-state index is -0.132. The van der Waals surface area contributed by atoms with Gasteiger partial charge in [-0.2, -0.15) is 0 Å². The molecule has 3 heteroatoms. The Morgan fingerprint density at radius 1 is 1.56 bits per heavy atom. The summed E-state index contributed by atoms with van der Waals surface area (Å²) in [6.07, 6.45) is 1.75. The summed E-state index contributed by atoms with van der Waals surface area (Å²) in [5.74, 6) is 0. The van der Waals surface area contributed by atoms with Crippen LogP contribution < -0.4 is 0 Å². The lowest BCUT2D eigenvalue weighted by Gasteiger charge is -2.04. The summed E-state index contributed by atoms with van der Waals surface area (Å²) in [6, 6.07) is 0. The van der Waals surface area contributed by atoms with Gasteiger partial charge >= 0.3 is 0 Å². The van der Waals surface area contributed by atoms with Crippen molar-refractivity contribution in [2.24, 2.45) is 0 Å². The Balaban J connectivity index is 3.14. The van der Waals surface area contributed by atoms with Crippen molar-refractivity contribution >= 4 is 12.8 Å². The van der Waals surface area contributed by atoms with Gasteiger partial charge in [0.25, 0.3) is 6.47 Å². The first-order valence-corrected chi connectivity index (χ1v) is 2.84. The van der Waals surface area contributed by atoms with Crippen LogP contribution in [0.4, 0.5) is 0 Å². The van der Waals surface area contributed by atoms with Gasteiger partial charge in [0.1, 0.15) is 6.29 Å². The van der Waals surface area contributed by atoms with E-state index in [1.54, 1.807) is 6.92 Å². The number of rotatable bonds is 5. The molecule has 0 bridgehead atoms. The number of aldehydes is 1. The molecule has 0 N–H and O–H groups in total. The summed E-state index contributed by atoms with van der Waals surface area (Å²) in [7, 11) is 0. The van der Waals surface area contributed by atoms with E-state index in [0.717, 1.165) is 6.29 Å². The van der Waals surface area contributed by atoms with Crippen LogP contribution in [0.5, 0.6) is 0 Å². The summed E-state index contributed by atoms with van der Waals surface area (Å²) in [6.45, 7) is 2.15. The fourth-order valence-corrected chi connectivity index (χ4v) is 0.466. The van der Waals surface area contributed by atoms with E-state index in [2.05, 4.69) is 4.74 Å². The van der Waals surface area contributed by atoms with Gasteiger partial charge in [0.2, 0.25) is 0 Å². The van der Waals surface area contributed by atoms with Crippen LogP contribution >= 0.6 is 0 Å². The highest BCUT2D eigenvalue weighted by atomic mass is 16.5. The van der Waals surface area contributed by atoms with Crippen molar-refractivity contribution in [3.05, 3.63) is 0 Å². The second-order valence-electron chi connectivity index (χ2n) is 1.79. The van der Waals surface area contributed by atoms with E-state index >= 15 is 0 Å². The second-order valence-corrected chi connectivity index (χ2v) is 1.79. The lowest BCUT2D eigenvalue weighted by Crippen LogP contribution is -2.06. The molecule has 0 radical (unpaired) electrons. The highest BCUT2D eigenvalue weighted by Gasteiger charge is 1.98. The molecule has 0 saturated carbocycles. The van der Waals surface area contributed by atoms with Gasteiger partial charge in [-0.15, -0.1) is 0 Å². The molecule has 0 saturated heterocycles. The number of ether oxygens (including phenoxy) is 1.